The SMILES string of the molecule is CC(=O)N1c2ccc(N3CCN(C(=O)OC(C)(C)C)C(C)C3)cc2C(Nc2cnc(C)cn2)C(C)C1C1CC1. The van der Waals surface area contributed by atoms with Crippen LogP contribution >= 0.6 is 0 Å². The molecule has 1 saturated heterocycles. The van der Waals surface area contributed by atoms with Gasteiger partial charge in [-0.3, -0.25) is 9.78 Å². The summed E-state index contributed by atoms with van der Waals surface area (Å²) < 4.78 is 5.63. The third kappa shape index (κ3) is 5.68. The molecule has 3 aliphatic rings. The zero-order chi connectivity index (χ0) is 28.1. The third-order valence-corrected chi connectivity index (χ3v) is 8.12. The van der Waals surface area contributed by atoms with Crippen molar-refractivity contribution in [2.75, 3.05) is 34.8 Å². The lowest BCUT2D eigenvalue weighted by molar-refractivity contribution is -0.117. The van der Waals surface area contributed by atoms with Crippen molar-refractivity contribution in [2.24, 2.45) is 11.8 Å². The molecule has 5 rings (SSSR count). The van der Waals surface area contributed by atoms with Crippen LogP contribution in [0.2, 0.25) is 0 Å². The lowest BCUT2D eigenvalue weighted by Gasteiger charge is -2.46. The zero-order valence-corrected chi connectivity index (χ0v) is 24.3. The first kappa shape index (κ1) is 27.2. The Labute approximate surface area is 231 Å². The highest BCUT2D eigenvalue weighted by molar-refractivity contribution is 5.94. The summed E-state index contributed by atoms with van der Waals surface area (Å²) in [6.45, 7) is 15.6. The second-order valence-corrected chi connectivity index (χ2v) is 12.5. The molecule has 4 atom stereocenters. The van der Waals surface area contributed by atoms with Gasteiger partial charge in [0.25, 0.3) is 0 Å². The molecule has 2 fully saturated rings. The molecule has 210 valence electrons. The number of amides is 2. The van der Waals surface area contributed by atoms with Crippen LogP contribution in [-0.4, -0.2) is 64.2 Å². The molecule has 9 nitrogen and oxygen atoms in total. The highest BCUT2D eigenvalue weighted by Gasteiger charge is 2.48. The van der Waals surface area contributed by atoms with Crippen molar-refractivity contribution in [1.82, 2.24) is 14.9 Å². The van der Waals surface area contributed by atoms with Crippen LogP contribution < -0.4 is 15.1 Å². The van der Waals surface area contributed by atoms with E-state index in [-0.39, 0.29) is 36.0 Å². The first-order valence-corrected chi connectivity index (χ1v) is 14.2. The summed E-state index contributed by atoms with van der Waals surface area (Å²) in [5, 5.41) is 3.67. The summed E-state index contributed by atoms with van der Waals surface area (Å²) >= 11 is 0. The van der Waals surface area contributed by atoms with Gasteiger partial charge in [0.05, 0.1) is 24.1 Å². The molecule has 39 heavy (non-hydrogen) atoms. The molecule has 9 heteroatoms. The van der Waals surface area contributed by atoms with E-state index in [4.69, 9.17) is 4.74 Å². The van der Waals surface area contributed by atoms with Crippen LogP contribution in [0.3, 0.4) is 0 Å². The number of carbonyl (C=O) groups is 2. The number of aromatic nitrogens is 2. The number of rotatable bonds is 4. The van der Waals surface area contributed by atoms with E-state index < -0.39 is 5.60 Å². The quantitative estimate of drug-likeness (QED) is 0.579. The standard InChI is InChI=1S/C30H42N6O3/c1-18-15-32-26(16-31-18)33-27-20(3)28(22-8-9-22)36(21(4)37)25-11-10-23(14-24(25)27)34-12-13-35(19(2)17-34)29(38)39-30(5,6)7/h10-11,14-16,19-20,22,27-28H,8-9,12-13,17H2,1-7H3,(H,32,33). The molecular weight excluding hydrogens is 492 g/mol. The fraction of sp³-hybridized carbons (Fsp3) is 0.600. The first-order valence-electron chi connectivity index (χ1n) is 14.2. The van der Waals surface area contributed by atoms with Gasteiger partial charge in [-0.1, -0.05) is 6.92 Å². The second kappa shape index (κ2) is 10.3. The lowest BCUT2D eigenvalue weighted by atomic mass is 9.79. The molecule has 1 aromatic carbocycles. The Bertz CT molecular complexity index is 1220. The van der Waals surface area contributed by atoms with Crippen LogP contribution in [0.1, 0.15) is 71.7 Å². The lowest BCUT2D eigenvalue weighted by Crippen LogP contribution is -2.55. The monoisotopic (exact) mass is 534 g/mol. The normalized spacial score (nSPS) is 25.3. The molecule has 0 radical (unpaired) electrons. The van der Waals surface area contributed by atoms with E-state index in [1.165, 1.54) is 0 Å². The number of carbonyl (C=O) groups excluding carboxylic acids is 2. The molecule has 4 unspecified atom stereocenters. The Balaban J connectivity index is 1.45. The van der Waals surface area contributed by atoms with Crippen molar-refractivity contribution in [3.05, 3.63) is 41.9 Å². The van der Waals surface area contributed by atoms with Crippen LogP contribution in [0.4, 0.5) is 22.0 Å². The molecule has 2 amide bonds. The van der Waals surface area contributed by atoms with Crippen LogP contribution in [-0.2, 0) is 9.53 Å². The summed E-state index contributed by atoms with van der Waals surface area (Å²) in [4.78, 5) is 40.9. The Hall–Kier alpha value is -3.36. The highest BCUT2D eigenvalue weighted by Crippen LogP contribution is 2.50. The van der Waals surface area contributed by atoms with E-state index in [1.54, 1.807) is 19.3 Å². The van der Waals surface area contributed by atoms with Gasteiger partial charge >= 0.3 is 6.09 Å². The minimum atomic E-state index is -0.520. The van der Waals surface area contributed by atoms with Gasteiger partial charge in [0, 0.05) is 61.5 Å². The van der Waals surface area contributed by atoms with Crippen molar-refractivity contribution in [3.63, 3.8) is 0 Å². The fourth-order valence-corrected chi connectivity index (χ4v) is 6.16. The molecule has 1 aromatic heterocycles. The topological polar surface area (TPSA) is 90.9 Å². The van der Waals surface area contributed by atoms with Gasteiger partial charge < -0.3 is 24.8 Å². The zero-order valence-electron chi connectivity index (χ0n) is 24.3. The van der Waals surface area contributed by atoms with E-state index in [0.717, 1.165) is 41.3 Å². The van der Waals surface area contributed by atoms with E-state index in [9.17, 15) is 9.59 Å². The summed E-state index contributed by atoms with van der Waals surface area (Å²) in [6.07, 6.45) is 5.61. The number of ether oxygens (including phenoxy) is 1. The molecule has 1 N–H and O–H groups in total. The number of anilines is 3. The number of hydrogen-bond acceptors (Lipinski definition) is 7. The van der Waals surface area contributed by atoms with Crippen molar-refractivity contribution in [1.29, 1.82) is 0 Å². The van der Waals surface area contributed by atoms with E-state index in [0.29, 0.717) is 25.6 Å². The van der Waals surface area contributed by atoms with Gasteiger partial charge in [0.15, 0.2) is 0 Å². The minimum absolute atomic E-state index is 0.00766. The molecule has 3 heterocycles. The second-order valence-electron chi connectivity index (χ2n) is 12.5. The number of fused-ring (bicyclic) bond motifs is 1. The van der Waals surface area contributed by atoms with Crippen LogP contribution in [0.15, 0.2) is 30.6 Å². The molecular formula is C30H42N6O3. The average molecular weight is 535 g/mol. The molecule has 0 spiro atoms. The number of nitrogens with one attached hydrogen (secondary N) is 1. The number of benzene rings is 1. The number of aryl methyl sites for hydroxylation is 1. The van der Waals surface area contributed by atoms with E-state index in [1.807, 2.05) is 37.5 Å². The largest absolute Gasteiger partial charge is 0.444 e. The molecule has 1 aliphatic carbocycles. The minimum Gasteiger partial charge on any atom is -0.444 e. The molecule has 1 saturated carbocycles. The van der Waals surface area contributed by atoms with Crippen molar-refractivity contribution >= 4 is 29.2 Å². The van der Waals surface area contributed by atoms with Gasteiger partial charge in [-0.25, -0.2) is 9.78 Å². The summed E-state index contributed by atoms with van der Waals surface area (Å²) in [6, 6.07) is 6.59. The van der Waals surface area contributed by atoms with Crippen LogP contribution in [0.5, 0.6) is 0 Å². The summed E-state index contributed by atoms with van der Waals surface area (Å²) in [5.41, 5.74) is 3.51. The Morgan fingerprint density at radius 1 is 1.08 bits per heavy atom. The Morgan fingerprint density at radius 2 is 1.82 bits per heavy atom. The van der Waals surface area contributed by atoms with Crippen LogP contribution in [0, 0.1) is 18.8 Å². The third-order valence-electron chi connectivity index (χ3n) is 8.12. The van der Waals surface area contributed by atoms with E-state index >= 15 is 0 Å². The predicted octanol–water partition coefficient (Wildman–Crippen LogP) is 5.17. The maximum atomic E-state index is 13.0. The van der Waals surface area contributed by atoms with Gasteiger partial charge in [0.2, 0.25) is 5.91 Å². The van der Waals surface area contributed by atoms with Crippen molar-refractivity contribution in [2.45, 2.75) is 85.0 Å². The first-order chi connectivity index (χ1) is 18.4. The smallest absolute Gasteiger partial charge is 0.410 e. The number of nitrogens with zero attached hydrogens (tertiary/aromatic N) is 5. The van der Waals surface area contributed by atoms with Crippen molar-refractivity contribution < 1.29 is 14.3 Å². The molecule has 2 aliphatic heterocycles. The van der Waals surface area contributed by atoms with Crippen LogP contribution in [0.25, 0.3) is 0 Å². The Morgan fingerprint density at radius 3 is 2.41 bits per heavy atom. The summed E-state index contributed by atoms with van der Waals surface area (Å²) in [7, 11) is 0. The maximum absolute atomic E-state index is 13.0. The van der Waals surface area contributed by atoms with E-state index in [2.05, 4.69) is 52.2 Å². The van der Waals surface area contributed by atoms with Gasteiger partial charge in [0.1, 0.15) is 11.4 Å². The average Bonchev–Trinajstić information content (AvgIpc) is 3.70. The van der Waals surface area contributed by atoms with Gasteiger partial charge in [-0.2, -0.15) is 0 Å². The Kier molecular flexibility index (Phi) is 7.20. The maximum Gasteiger partial charge on any atom is 0.410 e. The summed E-state index contributed by atoms with van der Waals surface area (Å²) in [5.74, 6) is 1.53. The highest BCUT2D eigenvalue weighted by atomic mass is 16.6. The molecule has 0 bridgehead atoms. The van der Waals surface area contributed by atoms with Crippen molar-refractivity contribution in [3.8, 4) is 0 Å². The molecule has 2 aromatic rings. The predicted molar refractivity (Wildman–Crippen MR) is 153 cm³/mol. The number of piperazine rings is 1. The number of hydrogen-bond donors (Lipinski definition) is 1. The van der Waals surface area contributed by atoms with Gasteiger partial charge in [-0.15, -0.1) is 0 Å². The fourth-order valence-electron chi connectivity index (χ4n) is 6.16. The van der Waals surface area contributed by atoms with Gasteiger partial charge in [-0.05, 0) is 71.6 Å².